The van der Waals surface area contributed by atoms with E-state index in [4.69, 9.17) is 10.9 Å². The van der Waals surface area contributed by atoms with E-state index in [-0.39, 0.29) is 5.92 Å². The third-order valence-electron chi connectivity index (χ3n) is 2.90. The summed E-state index contributed by atoms with van der Waals surface area (Å²) in [6.45, 7) is 4.16. The van der Waals surface area contributed by atoms with Crippen molar-refractivity contribution in [3.05, 3.63) is 0 Å². The Balaban J connectivity index is 2.35. The number of rotatable bonds is 4. The number of hydrogen-bond acceptors (Lipinski definition) is 4. The van der Waals surface area contributed by atoms with Crippen LogP contribution in [0, 0.1) is 5.92 Å². The average Bonchev–Trinajstić information content (AvgIpc) is 2.25. The second-order valence-corrected chi connectivity index (χ2v) is 4.47. The normalized spacial score (nSPS) is 24.7. The van der Waals surface area contributed by atoms with Crippen LogP contribution in [0.25, 0.3) is 0 Å². The van der Waals surface area contributed by atoms with Crippen LogP contribution in [0.2, 0.25) is 0 Å². The van der Waals surface area contributed by atoms with Gasteiger partial charge in [0.05, 0.1) is 0 Å². The van der Waals surface area contributed by atoms with E-state index in [0.29, 0.717) is 5.84 Å². The molecule has 0 bridgehead atoms. The number of nitrogens with zero attached hydrogens (tertiary/aromatic N) is 3. The zero-order chi connectivity index (χ0) is 11.3. The van der Waals surface area contributed by atoms with Crippen LogP contribution in [0.4, 0.5) is 0 Å². The highest BCUT2D eigenvalue weighted by Crippen LogP contribution is 2.16. The Hall–Kier alpha value is -0.810. The van der Waals surface area contributed by atoms with Crippen molar-refractivity contribution in [2.45, 2.75) is 12.8 Å². The molecule has 15 heavy (non-hydrogen) atoms. The summed E-state index contributed by atoms with van der Waals surface area (Å²) in [7, 11) is 4.15. The summed E-state index contributed by atoms with van der Waals surface area (Å²) in [5.41, 5.74) is 5.63. The summed E-state index contributed by atoms with van der Waals surface area (Å²) >= 11 is 0. The first-order valence-corrected chi connectivity index (χ1v) is 5.48. The smallest absolute Gasteiger partial charge is 0.143 e. The Morgan fingerprint density at radius 3 is 2.93 bits per heavy atom. The van der Waals surface area contributed by atoms with Gasteiger partial charge in [-0.25, -0.2) is 0 Å². The van der Waals surface area contributed by atoms with Crippen molar-refractivity contribution in [1.82, 2.24) is 9.80 Å². The number of piperidine rings is 1. The Morgan fingerprint density at radius 1 is 1.60 bits per heavy atom. The van der Waals surface area contributed by atoms with E-state index in [1.54, 1.807) is 0 Å². The summed E-state index contributed by atoms with van der Waals surface area (Å²) in [5.74, 6) is 0.607. The van der Waals surface area contributed by atoms with Crippen molar-refractivity contribution < 1.29 is 5.21 Å². The predicted octanol–water partition coefficient (Wildman–Crippen LogP) is 0.00640. The highest BCUT2D eigenvalue weighted by molar-refractivity contribution is 5.82. The summed E-state index contributed by atoms with van der Waals surface area (Å²) in [6.07, 6.45) is 2.17. The molecule has 0 spiro atoms. The van der Waals surface area contributed by atoms with Crippen LogP contribution in [-0.4, -0.2) is 61.1 Å². The van der Waals surface area contributed by atoms with Gasteiger partial charge < -0.3 is 20.7 Å². The Morgan fingerprint density at radius 2 is 2.33 bits per heavy atom. The second kappa shape index (κ2) is 5.92. The molecule has 3 N–H and O–H groups in total. The summed E-state index contributed by atoms with van der Waals surface area (Å²) in [4.78, 5) is 4.55. The fourth-order valence-corrected chi connectivity index (χ4v) is 1.92. The molecule has 0 radical (unpaired) electrons. The van der Waals surface area contributed by atoms with Gasteiger partial charge in [-0.3, -0.25) is 0 Å². The Bertz CT molecular complexity index is 217. The fraction of sp³-hybridized carbons (Fsp3) is 0.900. The Labute approximate surface area is 91.5 Å². The van der Waals surface area contributed by atoms with E-state index in [2.05, 4.69) is 29.1 Å². The van der Waals surface area contributed by atoms with E-state index in [1.807, 2.05) is 0 Å². The first-order chi connectivity index (χ1) is 7.13. The maximum Gasteiger partial charge on any atom is 0.143 e. The minimum Gasteiger partial charge on any atom is -0.409 e. The van der Waals surface area contributed by atoms with Gasteiger partial charge >= 0.3 is 0 Å². The quantitative estimate of drug-likeness (QED) is 0.299. The van der Waals surface area contributed by atoms with Gasteiger partial charge in [0.15, 0.2) is 0 Å². The SMILES string of the molecule is CN(C)CCN1CCCC(C(N)=NO)C1. The zero-order valence-corrected chi connectivity index (χ0v) is 9.69. The lowest BCUT2D eigenvalue weighted by Crippen LogP contribution is -2.43. The number of likely N-dealkylation sites (tertiary alicyclic amines) is 1. The molecular formula is C10H22N4O. The van der Waals surface area contributed by atoms with Crippen molar-refractivity contribution >= 4 is 5.84 Å². The molecule has 0 saturated carbocycles. The van der Waals surface area contributed by atoms with Crippen LogP contribution in [0.15, 0.2) is 5.16 Å². The van der Waals surface area contributed by atoms with Gasteiger partial charge in [-0.1, -0.05) is 5.16 Å². The van der Waals surface area contributed by atoms with Gasteiger partial charge in [0.25, 0.3) is 0 Å². The van der Waals surface area contributed by atoms with Crippen LogP contribution in [0.3, 0.4) is 0 Å². The van der Waals surface area contributed by atoms with Gasteiger partial charge in [-0.05, 0) is 33.5 Å². The zero-order valence-electron chi connectivity index (χ0n) is 9.69. The molecule has 1 aliphatic heterocycles. The number of oxime groups is 1. The standard InChI is InChI=1S/C10H22N4O/c1-13(2)6-7-14-5-3-4-9(8-14)10(11)12-15/h9,15H,3-8H2,1-2H3,(H2,11,12). The first kappa shape index (κ1) is 12.3. The lowest BCUT2D eigenvalue weighted by Gasteiger charge is -2.32. The van der Waals surface area contributed by atoms with Gasteiger partial charge in [0.1, 0.15) is 5.84 Å². The maximum atomic E-state index is 8.63. The van der Waals surface area contributed by atoms with Crippen LogP contribution in [0.1, 0.15) is 12.8 Å². The average molecular weight is 214 g/mol. The maximum absolute atomic E-state index is 8.63. The molecule has 1 aliphatic rings. The molecule has 0 aromatic heterocycles. The van der Waals surface area contributed by atoms with E-state index >= 15 is 0 Å². The van der Waals surface area contributed by atoms with Crippen molar-refractivity contribution in [2.75, 3.05) is 40.3 Å². The monoisotopic (exact) mass is 214 g/mol. The second-order valence-electron chi connectivity index (χ2n) is 4.47. The number of likely N-dealkylation sites (N-methyl/N-ethyl adjacent to an activating group) is 1. The minimum absolute atomic E-state index is 0.228. The summed E-state index contributed by atoms with van der Waals surface area (Å²) in [6, 6.07) is 0. The molecule has 0 aromatic carbocycles. The first-order valence-electron chi connectivity index (χ1n) is 5.48. The molecular weight excluding hydrogens is 192 g/mol. The highest BCUT2D eigenvalue weighted by atomic mass is 16.4. The molecule has 5 nitrogen and oxygen atoms in total. The van der Waals surface area contributed by atoms with E-state index in [0.717, 1.165) is 39.0 Å². The largest absolute Gasteiger partial charge is 0.409 e. The van der Waals surface area contributed by atoms with Gasteiger partial charge in [0.2, 0.25) is 0 Å². The highest BCUT2D eigenvalue weighted by Gasteiger charge is 2.22. The molecule has 5 heteroatoms. The van der Waals surface area contributed by atoms with Crippen molar-refractivity contribution in [1.29, 1.82) is 0 Å². The fourth-order valence-electron chi connectivity index (χ4n) is 1.92. The van der Waals surface area contributed by atoms with Crippen molar-refractivity contribution in [2.24, 2.45) is 16.8 Å². The van der Waals surface area contributed by atoms with Gasteiger partial charge in [-0.15, -0.1) is 0 Å². The molecule has 1 unspecified atom stereocenters. The third-order valence-corrected chi connectivity index (χ3v) is 2.90. The van der Waals surface area contributed by atoms with Crippen LogP contribution >= 0.6 is 0 Å². The third kappa shape index (κ3) is 4.05. The molecule has 88 valence electrons. The van der Waals surface area contributed by atoms with Gasteiger partial charge in [-0.2, -0.15) is 0 Å². The van der Waals surface area contributed by atoms with E-state index < -0.39 is 0 Å². The van der Waals surface area contributed by atoms with Crippen LogP contribution in [-0.2, 0) is 0 Å². The predicted molar refractivity (Wildman–Crippen MR) is 61.1 cm³/mol. The summed E-state index contributed by atoms with van der Waals surface area (Å²) < 4.78 is 0. The lowest BCUT2D eigenvalue weighted by atomic mass is 9.97. The Kier molecular flexibility index (Phi) is 4.84. The van der Waals surface area contributed by atoms with E-state index in [1.165, 1.54) is 0 Å². The summed E-state index contributed by atoms with van der Waals surface area (Å²) in [5, 5.41) is 11.7. The number of nitrogens with two attached hydrogens (primary N) is 1. The molecule has 1 rings (SSSR count). The molecule has 1 atom stereocenters. The molecule has 1 fully saturated rings. The molecule has 1 saturated heterocycles. The number of amidine groups is 1. The lowest BCUT2D eigenvalue weighted by molar-refractivity contribution is 0.184. The van der Waals surface area contributed by atoms with Crippen molar-refractivity contribution in [3.63, 3.8) is 0 Å². The van der Waals surface area contributed by atoms with Gasteiger partial charge in [0, 0.05) is 25.6 Å². The minimum atomic E-state index is 0.228. The molecule has 0 aromatic rings. The van der Waals surface area contributed by atoms with Crippen LogP contribution < -0.4 is 5.73 Å². The molecule has 1 heterocycles. The number of hydrogen-bond donors (Lipinski definition) is 2. The van der Waals surface area contributed by atoms with Crippen molar-refractivity contribution in [3.8, 4) is 0 Å². The topological polar surface area (TPSA) is 65.1 Å². The van der Waals surface area contributed by atoms with Crippen LogP contribution in [0.5, 0.6) is 0 Å². The van der Waals surface area contributed by atoms with E-state index in [9.17, 15) is 0 Å². The molecule has 0 aliphatic carbocycles. The molecule has 0 amide bonds.